The standard InChI is InChI=1S/C12H14ClNO6S/c1-14(3-2-12(15)16)21(17,18)11-7-10-9(6-8(11)13)19-4-5-20-10/h6-7H,2-5H2,1H3,(H,15,16). The molecule has 0 spiro atoms. The summed E-state index contributed by atoms with van der Waals surface area (Å²) in [5, 5.41) is 8.63. The maximum Gasteiger partial charge on any atom is 0.304 e. The lowest BCUT2D eigenvalue weighted by Gasteiger charge is -2.22. The fourth-order valence-electron chi connectivity index (χ4n) is 1.78. The zero-order valence-electron chi connectivity index (χ0n) is 11.2. The van der Waals surface area contributed by atoms with Gasteiger partial charge in [0.1, 0.15) is 18.1 Å². The number of hydrogen-bond donors (Lipinski definition) is 1. The summed E-state index contributed by atoms with van der Waals surface area (Å²) in [4.78, 5) is 10.4. The number of carbonyl (C=O) groups is 1. The number of carboxylic acids is 1. The molecule has 2 rings (SSSR count). The van der Waals surface area contributed by atoms with E-state index in [-0.39, 0.29) is 22.9 Å². The van der Waals surface area contributed by atoms with Crippen molar-refractivity contribution in [2.45, 2.75) is 11.3 Å². The molecule has 1 aromatic rings. The van der Waals surface area contributed by atoms with Gasteiger partial charge in [-0.25, -0.2) is 12.7 Å². The highest BCUT2D eigenvalue weighted by atomic mass is 35.5. The molecule has 0 aromatic heterocycles. The van der Waals surface area contributed by atoms with Crippen LogP contribution in [0.5, 0.6) is 11.5 Å². The van der Waals surface area contributed by atoms with Crippen molar-refractivity contribution in [1.82, 2.24) is 4.31 Å². The third kappa shape index (κ3) is 3.39. The molecule has 0 saturated carbocycles. The highest BCUT2D eigenvalue weighted by Gasteiger charge is 2.27. The molecule has 0 unspecified atom stereocenters. The van der Waals surface area contributed by atoms with E-state index in [0.717, 1.165) is 4.31 Å². The molecule has 0 saturated heterocycles. The highest BCUT2D eigenvalue weighted by Crippen LogP contribution is 2.38. The van der Waals surface area contributed by atoms with Crippen molar-refractivity contribution >= 4 is 27.6 Å². The third-order valence-corrected chi connectivity index (χ3v) is 5.25. The average molecular weight is 336 g/mol. The van der Waals surface area contributed by atoms with Crippen LogP contribution in [0.15, 0.2) is 17.0 Å². The molecule has 1 aromatic carbocycles. The van der Waals surface area contributed by atoms with Crippen molar-refractivity contribution in [3.8, 4) is 11.5 Å². The lowest BCUT2D eigenvalue weighted by Crippen LogP contribution is -2.29. The Morgan fingerprint density at radius 3 is 2.48 bits per heavy atom. The number of rotatable bonds is 5. The van der Waals surface area contributed by atoms with Gasteiger partial charge >= 0.3 is 5.97 Å². The van der Waals surface area contributed by atoms with Gasteiger partial charge in [0.25, 0.3) is 0 Å². The van der Waals surface area contributed by atoms with Crippen LogP contribution >= 0.6 is 11.6 Å². The van der Waals surface area contributed by atoms with Crippen LogP contribution in [-0.4, -0.2) is 50.6 Å². The van der Waals surface area contributed by atoms with Crippen molar-refractivity contribution in [3.63, 3.8) is 0 Å². The summed E-state index contributed by atoms with van der Waals surface area (Å²) in [6.07, 6.45) is -0.294. The van der Waals surface area contributed by atoms with Gasteiger partial charge in [0.05, 0.1) is 11.4 Å². The van der Waals surface area contributed by atoms with Gasteiger partial charge in [-0.1, -0.05) is 11.6 Å². The molecule has 1 aliphatic rings. The summed E-state index contributed by atoms with van der Waals surface area (Å²) in [5.74, 6) is -0.389. The highest BCUT2D eigenvalue weighted by molar-refractivity contribution is 7.89. The summed E-state index contributed by atoms with van der Waals surface area (Å²) < 4.78 is 36.4. The molecule has 0 amide bonds. The molecule has 0 fully saturated rings. The van der Waals surface area contributed by atoms with E-state index in [2.05, 4.69) is 0 Å². The Morgan fingerprint density at radius 1 is 1.33 bits per heavy atom. The maximum atomic E-state index is 12.4. The Bertz CT molecular complexity index is 660. The van der Waals surface area contributed by atoms with Gasteiger partial charge in [0.2, 0.25) is 10.0 Å². The molecule has 0 bridgehead atoms. The monoisotopic (exact) mass is 335 g/mol. The van der Waals surface area contributed by atoms with Crippen LogP contribution in [0.3, 0.4) is 0 Å². The first-order chi connectivity index (χ1) is 9.82. The molecular weight excluding hydrogens is 322 g/mol. The smallest absolute Gasteiger partial charge is 0.304 e. The van der Waals surface area contributed by atoms with Crippen LogP contribution in [0.4, 0.5) is 0 Å². The van der Waals surface area contributed by atoms with E-state index in [4.69, 9.17) is 26.2 Å². The van der Waals surface area contributed by atoms with Crippen LogP contribution in [0.25, 0.3) is 0 Å². The minimum atomic E-state index is -3.90. The van der Waals surface area contributed by atoms with Crippen LogP contribution in [-0.2, 0) is 14.8 Å². The van der Waals surface area contributed by atoms with Crippen LogP contribution < -0.4 is 9.47 Å². The van der Waals surface area contributed by atoms with E-state index in [1.807, 2.05) is 0 Å². The quantitative estimate of drug-likeness (QED) is 0.869. The Hall–Kier alpha value is -1.51. The lowest BCUT2D eigenvalue weighted by molar-refractivity contribution is -0.137. The van der Waals surface area contributed by atoms with Crippen LogP contribution in [0, 0.1) is 0 Å². The Balaban J connectivity index is 2.33. The Kier molecular flexibility index (Phi) is 4.60. The second kappa shape index (κ2) is 6.08. The predicted octanol–water partition coefficient (Wildman–Crippen LogP) is 1.21. The van der Waals surface area contributed by atoms with Gasteiger partial charge < -0.3 is 14.6 Å². The van der Waals surface area contributed by atoms with Gasteiger partial charge in [0.15, 0.2) is 11.5 Å². The number of carboxylic acid groups (broad SMARTS) is 1. The van der Waals surface area contributed by atoms with E-state index in [0.29, 0.717) is 24.7 Å². The van der Waals surface area contributed by atoms with Crippen molar-refractivity contribution in [2.75, 3.05) is 26.8 Å². The molecule has 0 aliphatic carbocycles. The first kappa shape index (κ1) is 15.9. The van der Waals surface area contributed by atoms with Crippen molar-refractivity contribution < 1.29 is 27.8 Å². The number of benzene rings is 1. The Labute approximate surface area is 127 Å². The van der Waals surface area contributed by atoms with Crippen LogP contribution in [0.1, 0.15) is 6.42 Å². The van der Waals surface area contributed by atoms with Gasteiger partial charge in [0, 0.05) is 25.7 Å². The first-order valence-corrected chi connectivity index (χ1v) is 7.91. The minimum absolute atomic E-state index is 0.00132. The second-order valence-corrected chi connectivity index (χ2v) is 6.82. The summed E-state index contributed by atoms with van der Waals surface area (Å²) >= 11 is 5.99. The molecular formula is C12H14ClNO6S. The van der Waals surface area contributed by atoms with E-state index >= 15 is 0 Å². The second-order valence-electron chi connectivity index (χ2n) is 4.40. The average Bonchev–Trinajstić information content (AvgIpc) is 2.43. The lowest BCUT2D eigenvalue weighted by atomic mass is 10.3. The zero-order valence-corrected chi connectivity index (χ0v) is 12.8. The zero-order chi connectivity index (χ0) is 15.6. The van der Waals surface area contributed by atoms with E-state index in [9.17, 15) is 13.2 Å². The first-order valence-electron chi connectivity index (χ1n) is 6.09. The van der Waals surface area contributed by atoms with Gasteiger partial charge in [-0.2, -0.15) is 0 Å². The van der Waals surface area contributed by atoms with E-state index in [1.165, 1.54) is 19.2 Å². The summed E-state index contributed by atoms with van der Waals surface area (Å²) in [6.45, 7) is 0.541. The number of ether oxygens (including phenoxy) is 2. The largest absolute Gasteiger partial charge is 0.486 e. The fraction of sp³-hybridized carbons (Fsp3) is 0.417. The SMILES string of the molecule is CN(CCC(=O)O)S(=O)(=O)c1cc2c(cc1Cl)OCCO2. The molecule has 1 aliphatic heterocycles. The van der Waals surface area contributed by atoms with Crippen LogP contribution in [0.2, 0.25) is 5.02 Å². The van der Waals surface area contributed by atoms with Crippen molar-refractivity contribution in [3.05, 3.63) is 17.2 Å². The fourth-order valence-corrected chi connectivity index (χ4v) is 3.46. The van der Waals surface area contributed by atoms with E-state index < -0.39 is 16.0 Å². The number of aliphatic carboxylic acids is 1. The van der Waals surface area contributed by atoms with Crippen molar-refractivity contribution in [1.29, 1.82) is 0 Å². The molecule has 0 radical (unpaired) electrons. The van der Waals surface area contributed by atoms with Gasteiger partial charge in [-0.05, 0) is 0 Å². The molecule has 0 atom stereocenters. The molecule has 9 heteroatoms. The Morgan fingerprint density at radius 2 is 1.90 bits per heavy atom. The number of fused-ring (bicyclic) bond motifs is 1. The summed E-state index contributed by atoms with van der Waals surface area (Å²) in [7, 11) is -2.60. The van der Waals surface area contributed by atoms with E-state index in [1.54, 1.807) is 0 Å². The molecule has 1 N–H and O–H groups in total. The summed E-state index contributed by atoms with van der Waals surface area (Å²) in [6, 6.07) is 2.68. The summed E-state index contributed by atoms with van der Waals surface area (Å²) in [5.41, 5.74) is 0. The van der Waals surface area contributed by atoms with Gasteiger partial charge in [-0.3, -0.25) is 4.79 Å². The number of halogens is 1. The maximum absolute atomic E-state index is 12.4. The molecule has 1 heterocycles. The molecule has 116 valence electrons. The van der Waals surface area contributed by atoms with Crippen molar-refractivity contribution in [2.24, 2.45) is 0 Å². The molecule has 7 nitrogen and oxygen atoms in total. The normalized spacial score (nSPS) is 14.2. The third-order valence-electron chi connectivity index (χ3n) is 2.93. The number of sulfonamides is 1. The van der Waals surface area contributed by atoms with Gasteiger partial charge in [-0.15, -0.1) is 0 Å². The topological polar surface area (TPSA) is 93.1 Å². The minimum Gasteiger partial charge on any atom is -0.486 e. The molecule has 21 heavy (non-hydrogen) atoms. The number of hydrogen-bond acceptors (Lipinski definition) is 5. The number of nitrogens with zero attached hydrogens (tertiary/aromatic N) is 1. The predicted molar refractivity (Wildman–Crippen MR) is 74.5 cm³/mol.